The number of amides is 1. The van der Waals surface area contributed by atoms with Gasteiger partial charge in [-0.2, -0.15) is 10.2 Å². The zero-order valence-corrected chi connectivity index (χ0v) is 14.7. The quantitative estimate of drug-likeness (QED) is 0.866. The summed E-state index contributed by atoms with van der Waals surface area (Å²) in [6.45, 7) is 5.71. The number of carbonyl (C=O) groups is 1. The molecule has 1 amide bonds. The minimum atomic E-state index is 0.147. The van der Waals surface area contributed by atoms with E-state index in [1.165, 1.54) is 12.8 Å². The molecule has 1 aliphatic heterocycles. The van der Waals surface area contributed by atoms with Crippen LogP contribution in [0.5, 0.6) is 0 Å². The molecule has 1 atom stereocenters. The Morgan fingerprint density at radius 1 is 1.29 bits per heavy atom. The second-order valence-corrected chi connectivity index (χ2v) is 7.25. The molecule has 0 aromatic carbocycles. The molecule has 0 N–H and O–H groups in total. The molecule has 2 fully saturated rings. The molecule has 0 radical (unpaired) electrons. The Morgan fingerprint density at radius 3 is 2.75 bits per heavy atom. The van der Waals surface area contributed by atoms with Gasteiger partial charge in [-0.15, -0.1) is 0 Å². The Labute approximate surface area is 142 Å². The zero-order chi connectivity index (χ0) is 16.8. The lowest BCUT2D eigenvalue weighted by atomic mass is 10.1. The summed E-state index contributed by atoms with van der Waals surface area (Å²) in [5, 5.41) is 8.91. The summed E-state index contributed by atoms with van der Waals surface area (Å²) in [5.74, 6) is 0.669. The summed E-state index contributed by atoms with van der Waals surface area (Å²) in [6.07, 6.45) is 6.22. The SMILES string of the molecule is Cc1cc(C)n(CC2CCCN2C(=O)c2cnn(C)c2C2CC2)n1. The molecule has 1 aliphatic carbocycles. The predicted molar refractivity (Wildman–Crippen MR) is 90.9 cm³/mol. The van der Waals surface area contributed by atoms with Crippen LogP contribution in [0.4, 0.5) is 0 Å². The second kappa shape index (κ2) is 5.76. The maximum absolute atomic E-state index is 13.1. The van der Waals surface area contributed by atoms with Gasteiger partial charge in [0.2, 0.25) is 0 Å². The lowest BCUT2D eigenvalue weighted by molar-refractivity contribution is 0.0719. The third kappa shape index (κ3) is 2.64. The number of nitrogens with zero attached hydrogens (tertiary/aromatic N) is 5. The number of hydrogen-bond donors (Lipinski definition) is 0. The summed E-state index contributed by atoms with van der Waals surface area (Å²) in [6, 6.07) is 2.32. The van der Waals surface area contributed by atoms with Gasteiger partial charge in [-0.25, -0.2) is 0 Å². The van der Waals surface area contributed by atoms with Gasteiger partial charge < -0.3 is 4.90 Å². The molecule has 1 unspecified atom stereocenters. The molecular formula is C18H25N5O. The van der Waals surface area contributed by atoms with Crippen molar-refractivity contribution in [3.8, 4) is 0 Å². The topological polar surface area (TPSA) is 56.0 Å². The summed E-state index contributed by atoms with van der Waals surface area (Å²) >= 11 is 0. The molecule has 1 saturated carbocycles. The molecule has 128 valence electrons. The van der Waals surface area contributed by atoms with E-state index in [0.717, 1.165) is 48.6 Å². The highest BCUT2D eigenvalue weighted by Crippen LogP contribution is 2.41. The van der Waals surface area contributed by atoms with Crippen molar-refractivity contribution in [2.24, 2.45) is 7.05 Å². The van der Waals surface area contributed by atoms with Crippen LogP contribution in [0.25, 0.3) is 0 Å². The molecule has 3 heterocycles. The summed E-state index contributed by atoms with van der Waals surface area (Å²) in [7, 11) is 1.95. The Kier molecular flexibility index (Phi) is 3.70. The van der Waals surface area contributed by atoms with Crippen LogP contribution >= 0.6 is 0 Å². The fourth-order valence-electron chi connectivity index (χ4n) is 3.96. The van der Waals surface area contributed by atoms with E-state index < -0.39 is 0 Å². The van der Waals surface area contributed by atoms with E-state index in [0.29, 0.717) is 5.92 Å². The van der Waals surface area contributed by atoms with Gasteiger partial charge in [0.15, 0.2) is 0 Å². The van der Waals surface area contributed by atoms with Crippen LogP contribution in [0.3, 0.4) is 0 Å². The van der Waals surface area contributed by atoms with E-state index in [1.54, 1.807) is 6.20 Å². The lowest BCUT2D eigenvalue weighted by Crippen LogP contribution is -2.38. The van der Waals surface area contributed by atoms with E-state index >= 15 is 0 Å². The standard InChI is InChI=1S/C18H25N5O/c1-12-9-13(2)23(20-12)11-15-5-4-8-22(15)18(24)16-10-19-21(3)17(16)14-6-7-14/h9-10,14-15H,4-8,11H2,1-3H3. The maximum Gasteiger partial charge on any atom is 0.257 e. The third-order valence-corrected chi connectivity index (χ3v) is 5.30. The van der Waals surface area contributed by atoms with E-state index in [1.807, 2.05) is 28.2 Å². The van der Waals surface area contributed by atoms with E-state index in [4.69, 9.17) is 0 Å². The monoisotopic (exact) mass is 327 g/mol. The summed E-state index contributed by atoms with van der Waals surface area (Å²) < 4.78 is 3.92. The molecule has 0 spiro atoms. The van der Waals surface area contributed by atoms with Gasteiger partial charge in [-0.3, -0.25) is 14.2 Å². The largest absolute Gasteiger partial charge is 0.334 e. The highest BCUT2D eigenvalue weighted by Gasteiger charge is 2.36. The van der Waals surface area contributed by atoms with Gasteiger partial charge >= 0.3 is 0 Å². The van der Waals surface area contributed by atoms with Crippen molar-refractivity contribution in [1.29, 1.82) is 0 Å². The molecule has 6 heteroatoms. The Morgan fingerprint density at radius 2 is 2.08 bits per heavy atom. The Hall–Kier alpha value is -2.11. The lowest BCUT2D eigenvalue weighted by Gasteiger charge is -2.25. The highest BCUT2D eigenvalue weighted by atomic mass is 16.2. The van der Waals surface area contributed by atoms with Crippen LogP contribution in [0, 0.1) is 13.8 Å². The molecule has 24 heavy (non-hydrogen) atoms. The average Bonchev–Trinajstić information content (AvgIpc) is 2.99. The van der Waals surface area contributed by atoms with E-state index in [9.17, 15) is 4.79 Å². The van der Waals surface area contributed by atoms with Crippen LogP contribution in [-0.4, -0.2) is 43.0 Å². The first-order valence-corrected chi connectivity index (χ1v) is 8.88. The number of likely N-dealkylation sites (tertiary alicyclic amines) is 1. The van der Waals surface area contributed by atoms with E-state index in [2.05, 4.69) is 23.2 Å². The molecule has 2 aliphatic rings. The first kappa shape index (κ1) is 15.4. The number of hydrogen-bond acceptors (Lipinski definition) is 3. The van der Waals surface area contributed by atoms with Gasteiger partial charge in [-0.1, -0.05) is 0 Å². The Bertz CT molecular complexity index is 770. The second-order valence-electron chi connectivity index (χ2n) is 7.25. The molecule has 2 aromatic heterocycles. The van der Waals surface area contributed by atoms with Crippen molar-refractivity contribution < 1.29 is 4.79 Å². The number of rotatable bonds is 4. The van der Waals surface area contributed by atoms with Crippen molar-refractivity contribution in [1.82, 2.24) is 24.5 Å². The molecule has 4 rings (SSSR count). The van der Waals surface area contributed by atoms with Gasteiger partial charge in [-0.05, 0) is 45.6 Å². The third-order valence-electron chi connectivity index (χ3n) is 5.30. The number of aromatic nitrogens is 4. The fourth-order valence-corrected chi connectivity index (χ4v) is 3.96. The zero-order valence-electron chi connectivity index (χ0n) is 14.7. The van der Waals surface area contributed by atoms with Crippen molar-refractivity contribution >= 4 is 5.91 Å². The smallest absolute Gasteiger partial charge is 0.257 e. The Balaban J connectivity index is 1.56. The molecule has 1 saturated heterocycles. The number of aryl methyl sites for hydroxylation is 3. The fraction of sp³-hybridized carbons (Fsp3) is 0.611. The summed E-state index contributed by atoms with van der Waals surface area (Å²) in [5.41, 5.74) is 4.12. The van der Waals surface area contributed by atoms with Crippen LogP contribution in [-0.2, 0) is 13.6 Å². The van der Waals surface area contributed by atoms with Crippen molar-refractivity contribution in [3.63, 3.8) is 0 Å². The van der Waals surface area contributed by atoms with Crippen LogP contribution < -0.4 is 0 Å². The van der Waals surface area contributed by atoms with Gasteiger partial charge in [0, 0.05) is 25.2 Å². The van der Waals surface area contributed by atoms with E-state index in [-0.39, 0.29) is 11.9 Å². The molecule has 0 bridgehead atoms. The molecule has 6 nitrogen and oxygen atoms in total. The van der Waals surface area contributed by atoms with Crippen LogP contribution in [0.2, 0.25) is 0 Å². The van der Waals surface area contributed by atoms with Gasteiger partial charge in [0.25, 0.3) is 5.91 Å². The van der Waals surface area contributed by atoms with Crippen molar-refractivity contribution in [2.45, 2.75) is 58.0 Å². The average molecular weight is 327 g/mol. The van der Waals surface area contributed by atoms with Crippen LogP contribution in [0.1, 0.15) is 59.0 Å². The first-order chi connectivity index (χ1) is 11.5. The van der Waals surface area contributed by atoms with Crippen LogP contribution in [0.15, 0.2) is 12.3 Å². The number of carbonyl (C=O) groups excluding carboxylic acids is 1. The minimum absolute atomic E-state index is 0.147. The van der Waals surface area contributed by atoms with Gasteiger partial charge in [0.05, 0.1) is 35.7 Å². The predicted octanol–water partition coefficient (Wildman–Crippen LogP) is 2.42. The highest BCUT2D eigenvalue weighted by molar-refractivity contribution is 5.95. The first-order valence-electron chi connectivity index (χ1n) is 8.88. The normalized spacial score (nSPS) is 20.8. The molecule has 2 aromatic rings. The maximum atomic E-state index is 13.1. The minimum Gasteiger partial charge on any atom is -0.334 e. The summed E-state index contributed by atoms with van der Waals surface area (Å²) in [4.78, 5) is 15.2. The van der Waals surface area contributed by atoms with Gasteiger partial charge in [0.1, 0.15) is 0 Å². The molecular weight excluding hydrogens is 302 g/mol. The van der Waals surface area contributed by atoms with Crippen molar-refractivity contribution in [3.05, 3.63) is 34.9 Å². The van der Waals surface area contributed by atoms with Crippen molar-refractivity contribution in [2.75, 3.05) is 6.54 Å².